The fraction of sp³-hybridized carbons (Fsp3) is 0.500. The van der Waals surface area contributed by atoms with Crippen LogP contribution in [0.1, 0.15) is 9.67 Å². The molecule has 0 radical (unpaired) electrons. The van der Waals surface area contributed by atoms with E-state index < -0.39 is 15.2 Å². The van der Waals surface area contributed by atoms with E-state index in [1.165, 1.54) is 22.5 Å². The minimum Gasteiger partial charge on any atom is -0.397 e. The van der Waals surface area contributed by atoms with E-state index in [0.29, 0.717) is 22.9 Å². The lowest BCUT2D eigenvalue weighted by molar-refractivity contribution is 0.0755. The second-order valence-corrected chi connectivity index (χ2v) is 8.33. The maximum Gasteiger partial charge on any atom is 0.267 e. The third kappa shape index (κ3) is 2.65. The van der Waals surface area contributed by atoms with Crippen molar-refractivity contribution in [3.8, 4) is 0 Å². The Kier molecular flexibility index (Phi) is 3.88. The lowest BCUT2D eigenvalue weighted by atomic mass is 10.3. The molecule has 1 amide bonds. The molecule has 1 aliphatic heterocycles. The Morgan fingerprint density at radius 3 is 2.83 bits per heavy atom. The predicted octanol–water partition coefficient (Wildman–Crippen LogP) is 0.890. The molecule has 0 aliphatic carbocycles. The van der Waals surface area contributed by atoms with Crippen LogP contribution in [0.25, 0.3) is 0 Å². The standard InChI is InChI=1S/C10H14N2O3S3/c1-18(14,15)8-6-16-5-3-12(8)10(13)9-7(11)2-4-17-9/h2,4,8H,3,5-6,11H2,1H3. The van der Waals surface area contributed by atoms with Gasteiger partial charge < -0.3 is 10.6 Å². The van der Waals surface area contributed by atoms with Gasteiger partial charge in [0.05, 0.1) is 5.69 Å². The largest absolute Gasteiger partial charge is 0.397 e. The molecule has 100 valence electrons. The van der Waals surface area contributed by atoms with Crippen molar-refractivity contribution in [1.29, 1.82) is 0 Å². The molecule has 1 fully saturated rings. The van der Waals surface area contributed by atoms with E-state index in [-0.39, 0.29) is 5.91 Å². The van der Waals surface area contributed by atoms with Crippen molar-refractivity contribution >= 4 is 44.5 Å². The number of hydrogen-bond donors (Lipinski definition) is 1. The van der Waals surface area contributed by atoms with Gasteiger partial charge in [0.15, 0.2) is 9.84 Å². The maximum absolute atomic E-state index is 12.3. The smallest absolute Gasteiger partial charge is 0.267 e. The maximum atomic E-state index is 12.3. The van der Waals surface area contributed by atoms with Gasteiger partial charge in [-0.25, -0.2) is 8.42 Å². The van der Waals surface area contributed by atoms with Gasteiger partial charge in [-0.1, -0.05) is 0 Å². The molecule has 2 rings (SSSR count). The number of sulfone groups is 1. The van der Waals surface area contributed by atoms with Crippen LogP contribution in [-0.2, 0) is 9.84 Å². The van der Waals surface area contributed by atoms with Gasteiger partial charge in [-0.3, -0.25) is 4.79 Å². The highest BCUT2D eigenvalue weighted by molar-refractivity contribution is 8.00. The molecular formula is C10H14N2O3S3. The van der Waals surface area contributed by atoms with E-state index in [2.05, 4.69) is 0 Å². The average molecular weight is 306 g/mol. The van der Waals surface area contributed by atoms with Crippen molar-refractivity contribution in [1.82, 2.24) is 4.90 Å². The van der Waals surface area contributed by atoms with Crippen LogP contribution in [0.2, 0.25) is 0 Å². The summed E-state index contributed by atoms with van der Waals surface area (Å²) in [6.45, 7) is 0.443. The molecule has 8 heteroatoms. The summed E-state index contributed by atoms with van der Waals surface area (Å²) in [5, 5.41) is 0.988. The Labute approximate surface area is 114 Å². The SMILES string of the molecule is CS(=O)(=O)C1CSCCN1C(=O)c1sccc1N. The van der Waals surface area contributed by atoms with Crippen LogP contribution in [0.5, 0.6) is 0 Å². The lowest BCUT2D eigenvalue weighted by Gasteiger charge is -2.33. The number of anilines is 1. The van der Waals surface area contributed by atoms with Crippen molar-refractivity contribution < 1.29 is 13.2 Å². The lowest BCUT2D eigenvalue weighted by Crippen LogP contribution is -2.49. The molecule has 1 aromatic heterocycles. The van der Waals surface area contributed by atoms with Crippen LogP contribution in [0, 0.1) is 0 Å². The minimum atomic E-state index is -3.28. The Morgan fingerprint density at radius 1 is 1.56 bits per heavy atom. The summed E-state index contributed by atoms with van der Waals surface area (Å²) >= 11 is 2.80. The minimum absolute atomic E-state index is 0.279. The number of nitrogen functional groups attached to an aromatic ring is 1. The van der Waals surface area contributed by atoms with Crippen LogP contribution in [0.3, 0.4) is 0 Å². The van der Waals surface area contributed by atoms with E-state index >= 15 is 0 Å². The van der Waals surface area contributed by atoms with Crippen molar-refractivity contribution in [2.75, 3.05) is 30.0 Å². The van der Waals surface area contributed by atoms with Crippen LogP contribution >= 0.6 is 23.1 Å². The number of nitrogens with zero attached hydrogens (tertiary/aromatic N) is 1. The molecule has 0 spiro atoms. The Bertz CT molecular complexity index is 552. The van der Waals surface area contributed by atoms with E-state index in [1.54, 1.807) is 23.2 Å². The number of carbonyl (C=O) groups excluding carboxylic acids is 1. The van der Waals surface area contributed by atoms with Crippen molar-refractivity contribution in [3.63, 3.8) is 0 Å². The first-order chi connectivity index (χ1) is 8.41. The Balaban J connectivity index is 2.30. The topological polar surface area (TPSA) is 80.5 Å². The second kappa shape index (κ2) is 5.10. The average Bonchev–Trinajstić information content (AvgIpc) is 2.73. The Morgan fingerprint density at radius 2 is 2.28 bits per heavy atom. The highest BCUT2D eigenvalue weighted by Gasteiger charge is 2.35. The highest BCUT2D eigenvalue weighted by atomic mass is 32.2. The van der Waals surface area contributed by atoms with Gasteiger partial charge in [0.2, 0.25) is 0 Å². The number of nitrogens with two attached hydrogens (primary N) is 1. The first-order valence-corrected chi connectivity index (χ1v) is 9.30. The van der Waals surface area contributed by atoms with Gasteiger partial charge in [0.1, 0.15) is 10.3 Å². The van der Waals surface area contributed by atoms with Crippen LogP contribution < -0.4 is 5.73 Å². The summed E-state index contributed by atoms with van der Waals surface area (Å²) in [6.07, 6.45) is 1.17. The second-order valence-electron chi connectivity index (χ2n) is 4.06. The van der Waals surface area contributed by atoms with E-state index in [0.717, 1.165) is 5.75 Å². The molecule has 1 saturated heterocycles. The first-order valence-electron chi connectivity index (χ1n) is 5.32. The van der Waals surface area contributed by atoms with Gasteiger partial charge in [0, 0.05) is 24.3 Å². The molecule has 1 atom stereocenters. The summed E-state index contributed by atoms with van der Waals surface area (Å²) < 4.78 is 23.4. The zero-order valence-electron chi connectivity index (χ0n) is 9.83. The highest BCUT2D eigenvalue weighted by Crippen LogP contribution is 2.26. The van der Waals surface area contributed by atoms with Crippen molar-refractivity contribution in [2.24, 2.45) is 0 Å². The summed E-state index contributed by atoms with van der Waals surface area (Å²) in [4.78, 5) is 14.2. The molecular weight excluding hydrogens is 292 g/mol. The zero-order chi connectivity index (χ0) is 13.3. The quantitative estimate of drug-likeness (QED) is 0.877. The number of amides is 1. The van der Waals surface area contributed by atoms with Gasteiger partial charge in [0.25, 0.3) is 5.91 Å². The first kappa shape index (κ1) is 13.7. The van der Waals surface area contributed by atoms with E-state index in [4.69, 9.17) is 5.73 Å². The van der Waals surface area contributed by atoms with Gasteiger partial charge >= 0.3 is 0 Å². The molecule has 0 bridgehead atoms. The number of thioether (sulfide) groups is 1. The van der Waals surface area contributed by atoms with Crippen molar-refractivity contribution in [2.45, 2.75) is 5.37 Å². The van der Waals surface area contributed by atoms with E-state index in [9.17, 15) is 13.2 Å². The fourth-order valence-corrected chi connectivity index (χ4v) is 5.38. The van der Waals surface area contributed by atoms with E-state index in [1.807, 2.05) is 0 Å². The van der Waals surface area contributed by atoms with Crippen LogP contribution in [0.4, 0.5) is 5.69 Å². The number of carbonyl (C=O) groups is 1. The molecule has 5 nitrogen and oxygen atoms in total. The van der Waals surface area contributed by atoms with Crippen LogP contribution in [0.15, 0.2) is 11.4 Å². The summed E-state index contributed by atoms with van der Waals surface area (Å²) in [5.41, 5.74) is 6.12. The molecule has 0 saturated carbocycles. The van der Waals surface area contributed by atoms with Crippen molar-refractivity contribution in [3.05, 3.63) is 16.3 Å². The molecule has 1 unspecified atom stereocenters. The predicted molar refractivity (Wildman–Crippen MR) is 75.7 cm³/mol. The Hall–Kier alpha value is -0.730. The van der Waals surface area contributed by atoms with Crippen LogP contribution in [-0.4, -0.2) is 48.9 Å². The molecule has 0 aromatic carbocycles. The molecule has 2 heterocycles. The monoisotopic (exact) mass is 306 g/mol. The summed E-state index contributed by atoms with van der Waals surface area (Å²) in [7, 11) is -3.28. The van der Waals surface area contributed by atoms with Gasteiger partial charge in [-0.05, 0) is 11.4 Å². The third-order valence-electron chi connectivity index (χ3n) is 2.73. The normalized spacial score (nSPS) is 20.9. The third-order valence-corrected chi connectivity index (χ3v) is 6.29. The summed E-state index contributed by atoms with van der Waals surface area (Å²) in [6, 6.07) is 1.66. The zero-order valence-corrected chi connectivity index (χ0v) is 12.3. The molecule has 18 heavy (non-hydrogen) atoms. The van der Waals surface area contributed by atoms with Gasteiger partial charge in [-0.2, -0.15) is 11.8 Å². The number of hydrogen-bond acceptors (Lipinski definition) is 6. The number of rotatable bonds is 2. The summed E-state index contributed by atoms with van der Waals surface area (Å²) in [5.74, 6) is 0.900. The van der Waals surface area contributed by atoms with Gasteiger partial charge in [-0.15, -0.1) is 11.3 Å². The molecule has 1 aliphatic rings. The molecule has 1 aromatic rings. The number of thiophene rings is 1. The fourth-order valence-electron chi connectivity index (χ4n) is 1.79. The molecule has 2 N–H and O–H groups in total.